The highest BCUT2D eigenvalue weighted by Crippen LogP contribution is 2.23. The molecule has 6 heteroatoms. The molecule has 0 bridgehead atoms. The molecule has 0 aliphatic carbocycles. The van der Waals surface area contributed by atoms with Gasteiger partial charge in [0.05, 0.1) is 18.4 Å². The molecule has 16 heavy (non-hydrogen) atoms. The summed E-state index contributed by atoms with van der Waals surface area (Å²) in [6.07, 6.45) is 3.30. The first kappa shape index (κ1) is 11.3. The molecular weight excluding hydrogens is 226 g/mol. The lowest BCUT2D eigenvalue weighted by Crippen LogP contribution is -2.18. The Morgan fingerprint density at radius 2 is 2.44 bits per heavy atom. The van der Waals surface area contributed by atoms with Crippen LogP contribution in [0.2, 0.25) is 0 Å². The van der Waals surface area contributed by atoms with Crippen molar-refractivity contribution >= 4 is 11.3 Å². The first-order valence-electron chi connectivity index (χ1n) is 4.95. The lowest BCUT2D eigenvalue weighted by Gasteiger charge is -1.99. The summed E-state index contributed by atoms with van der Waals surface area (Å²) >= 11 is 1.56. The first-order valence-corrected chi connectivity index (χ1v) is 5.76. The van der Waals surface area contributed by atoms with Crippen molar-refractivity contribution in [3.8, 4) is 10.6 Å². The third kappa shape index (κ3) is 2.88. The summed E-state index contributed by atoms with van der Waals surface area (Å²) in [6, 6.07) is 1.88. The molecule has 0 spiro atoms. The first-order chi connectivity index (χ1) is 7.90. The molecule has 1 N–H and O–H groups in total. The molecule has 2 aromatic rings. The van der Waals surface area contributed by atoms with Crippen LogP contribution in [0.15, 0.2) is 23.0 Å². The van der Waals surface area contributed by atoms with Gasteiger partial charge in [0, 0.05) is 20.2 Å². The van der Waals surface area contributed by atoms with E-state index < -0.39 is 0 Å². The molecule has 0 radical (unpaired) electrons. The summed E-state index contributed by atoms with van der Waals surface area (Å²) in [6.45, 7) is 2.24. The van der Waals surface area contributed by atoms with E-state index in [0.717, 1.165) is 28.7 Å². The third-order valence-electron chi connectivity index (χ3n) is 1.99. The van der Waals surface area contributed by atoms with Gasteiger partial charge in [0.25, 0.3) is 0 Å². The molecule has 0 fully saturated rings. The van der Waals surface area contributed by atoms with Crippen LogP contribution in [0.4, 0.5) is 0 Å². The van der Waals surface area contributed by atoms with Crippen LogP contribution in [0.1, 0.15) is 5.01 Å². The van der Waals surface area contributed by atoms with Crippen LogP contribution >= 0.6 is 11.3 Å². The molecule has 5 nitrogen and oxygen atoms in total. The van der Waals surface area contributed by atoms with E-state index in [1.54, 1.807) is 31.0 Å². The van der Waals surface area contributed by atoms with Gasteiger partial charge in [0.2, 0.25) is 0 Å². The molecule has 0 aliphatic rings. The zero-order chi connectivity index (χ0) is 11.2. The molecule has 0 aromatic carbocycles. The average Bonchev–Trinajstić information content (AvgIpc) is 2.94. The van der Waals surface area contributed by atoms with Crippen LogP contribution in [0.5, 0.6) is 0 Å². The summed E-state index contributed by atoms with van der Waals surface area (Å²) in [5.41, 5.74) is 0.973. The predicted octanol–water partition coefficient (Wildman–Crippen LogP) is 1.53. The smallest absolute Gasteiger partial charge is 0.151 e. The van der Waals surface area contributed by atoms with Crippen molar-refractivity contribution in [2.45, 2.75) is 6.54 Å². The molecule has 0 saturated heterocycles. The molecule has 0 unspecified atom stereocenters. The molecule has 86 valence electrons. The number of hydrogen-bond acceptors (Lipinski definition) is 6. The third-order valence-corrected chi connectivity index (χ3v) is 2.97. The summed E-state index contributed by atoms with van der Waals surface area (Å²) in [7, 11) is 1.68. The van der Waals surface area contributed by atoms with E-state index in [0.29, 0.717) is 6.61 Å². The highest BCUT2D eigenvalue weighted by Gasteiger charge is 2.06. The van der Waals surface area contributed by atoms with Gasteiger partial charge in [-0.3, -0.25) is 0 Å². The summed E-state index contributed by atoms with van der Waals surface area (Å²) in [4.78, 5) is 0. The molecule has 0 aliphatic heterocycles. The number of ether oxygens (including phenoxy) is 1. The Kier molecular flexibility index (Phi) is 4.03. The highest BCUT2D eigenvalue weighted by atomic mass is 32.1. The van der Waals surface area contributed by atoms with E-state index in [1.807, 2.05) is 6.07 Å². The number of nitrogens with one attached hydrogen (secondary N) is 1. The van der Waals surface area contributed by atoms with Crippen LogP contribution in [-0.2, 0) is 11.3 Å². The van der Waals surface area contributed by atoms with E-state index in [4.69, 9.17) is 9.15 Å². The topological polar surface area (TPSA) is 60.2 Å². The molecule has 2 heterocycles. The van der Waals surface area contributed by atoms with E-state index in [1.165, 1.54) is 0 Å². The fourth-order valence-corrected chi connectivity index (χ4v) is 1.99. The Bertz CT molecular complexity index is 413. The van der Waals surface area contributed by atoms with Gasteiger partial charge in [0.1, 0.15) is 11.3 Å². The minimum atomic E-state index is 0.702. The zero-order valence-corrected chi connectivity index (χ0v) is 9.79. The number of hydrogen-bond donors (Lipinski definition) is 1. The van der Waals surface area contributed by atoms with E-state index >= 15 is 0 Å². The van der Waals surface area contributed by atoms with Crippen molar-refractivity contribution in [3.05, 3.63) is 23.6 Å². The average molecular weight is 239 g/mol. The standard InChI is InChI=1S/C10H13N3O2S/c1-14-5-3-11-6-9-12-13-10(16-9)8-2-4-15-7-8/h2,4,7,11H,3,5-6H2,1H3. The van der Waals surface area contributed by atoms with Gasteiger partial charge < -0.3 is 14.5 Å². The van der Waals surface area contributed by atoms with Crippen LogP contribution in [0.3, 0.4) is 0 Å². The largest absolute Gasteiger partial charge is 0.472 e. The van der Waals surface area contributed by atoms with Gasteiger partial charge in [-0.2, -0.15) is 0 Å². The van der Waals surface area contributed by atoms with Gasteiger partial charge in [-0.05, 0) is 6.07 Å². The maximum atomic E-state index is 5.00. The van der Waals surface area contributed by atoms with Crippen molar-refractivity contribution < 1.29 is 9.15 Å². The molecule has 2 aromatic heterocycles. The normalized spacial score (nSPS) is 10.8. The van der Waals surface area contributed by atoms with E-state index in [2.05, 4.69) is 15.5 Å². The minimum Gasteiger partial charge on any atom is -0.472 e. The van der Waals surface area contributed by atoms with Crippen molar-refractivity contribution in [2.24, 2.45) is 0 Å². The van der Waals surface area contributed by atoms with Gasteiger partial charge in [-0.15, -0.1) is 10.2 Å². The SMILES string of the molecule is COCCNCc1nnc(-c2ccoc2)s1. The van der Waals surface area contributed by atoms with Crippen molar-refractivity contribution in [1.82, 2.24) is 15.5 Å². The van der Waals surface area contributed by atoms with Crippen LogP contribution in [0, 0.1) is 0 Å². The van der Waals surface area contributed by atoms with Gasteiger partial charge in [0.15, 0.2) is 5.01 Å². The lowest BCUT2D eigenvalue weighted by molar-refractivity contribution is 0.199. The second-order valence-corrected chi connectivity index (χ2v) is 4.24. The second kappa shape index (κ2) is 5.74. The number of methoxy groups -OCH3 is 1. The van der Waals surface area contributed by atoms with Gasteiger partial charge >= 0.3 is 0 Å². The van der Waals surface area contributed by atoms with Gasteiger partial charge in [-0.25, -0.2) is 0 Å². The highest BCUT2D eigenvalue weighted by molar-refractivity contribution is 7.14. The maximum absolute atomic E-state index is 5.00. The number of nitrogens with zero attached hydrogens (tertiary/aromatic N) is 2. The fraction of sp³-hybridized carbons (Fsp3) is 0.400. The summed E-state index contributed by atoms with van der Waals surface area (Å²) < 4.78 is 9.93. The number of aromatic nitrogens is 2. The quantitative estimate of drug-likeness (QED) is 0.775. The van der Waals surface area contributed by atoms with E-state index in [9.17, 15) is 0 Å². The van der Waals surface area contributed by atoms with E-state index in [-0.39, 0.29) is 0 Å². The fourth-order valence-electron chi connectivity index (χ4n) is 1.20. The van der Waals surface area contributed by atoms with Crippen molar-refractivity contribution in [3.63, 3.8) is 0 Å². The zero-order valence-electron chi connectivity index (χ0n) is 8.97. The summed E-state index contributed by atoms with van der Waals surface area (Å²) in [5.74, 6) is 0. The van der Waals surface area contributed by atoms with Crippen molar-refractivity contribution in [1.29, 1.82) is 0 Å². The summed E-state index contributed by atoms with van der Waals surface area (Å²) in [5, 5.41) is 13.3. The lowest BCUT2D eigenvalue weighted by atomic mass is 10.4. The molecule has 0 atom stereocenters. The Morgan fingerprint density at radius 1 is 1.50 bits per heavy atom. The Labute approximate surface area is 97.5 Å². The van der Waals surface area contributed by atoms with Gasteiger partial charge in [-0.1, -0.05) is 11.3 Å². The predicted molar refractivity (Wildman–Crippen MR) is 61.2 cm³/mol. The minimum absolute atomic E-state index is 0.702. The van der Waals surface area contributed by atoms with Crippen LogP contribution in [-0.4, -0.2) is 30.5 Å². The van der Waals surface area contributed by atoms with Crippen molar-refractivity contribution in [2.75, 3.05) is 20.3 Å². The Morgan fingerprint density at radius 3 is 3.19 bits per heavy atom. The maximum Gasteiger partial charge on any atom is 0.151 e. The monoisotopic (exact) mass is 239 g/mol. The molecule has 0 saturated carbocycles. The Hall–Kier alpha value is -1.24. The Balaban J connectivity index is 1.88. The number of rotatable bonds is 6. The molecule has 2 rings (SSSR count). The van der Waals surface area contributed by atoms with Crippen LogP contribution in [0.25, 0.3) is 10.6 Å². The number of furan rings is 1. The molecular formula is C10H13N3O2S. The van der Waals surface area contributed by atoms with Crippen LogP contribution < -0.4 is 5.32 Å². The molecule has 0 amide bonds. The second-order valence-electron chi connectivity index (χ2n) is 3.18.